The number of anilines is 1. The van der Waals surface area contributed by atoms with Crippen molar-refractivity contribution in [1.29, 1.82) is 0 Å². The smallest absolute Gasteiger partial charge is 0.371 e. The highest BCUT2D eigenvalue weighted by Crippen LogP contribution is 2.39. The lowest BCUT2D eigenvalue weighted by atomic mass is 10.0. The fourth-order valence-corrected chi connectivity index (χ4v) is 5.32. The lowest BCUT2D eigenvalue weighted by Crippen LogP contribution is -2.40. The molecule has 200 valence electrons. The molecular formula is C29H27F3N6O. The number of imidazole rings is 1. The van der Waals surface area contributed by atoms with Crippen molar-refractivity contribution in [3.63, 3.8) is 0 Å². The third-order valence-electron chi connectivity index (χ3n) is 7.44. The van der Waals surface area contributed by atoms with Crippen molar-refractivity contribution >= 4 is 11.8 Å². The fourth-order valence-electron chi connectivity index (χ4n) is 5.32. The van der Waals surface area contributed by atoms with Gasteiger partial charge in [-0.25, -0.2) is 4.79 Å². The molecule has 0 atom stereocenters. The molecule has 1 saturated heterocycles. The Morgan fingerprint density at radius 2 is 1.82 bits per heavy atom. The Balaban J connectivity index is 1.44. The van der Waals surface area contributed by atoms with Crippen molar-refractivity contribution in [1.82, 2.24) is 19.1 Å². The highest BCUT2D eigenvalue weighted by atomic mass is 19.4. The number of rotatable bonds is 4. The summed E-state index contributed by atoms with van der Waals surface area (Å²) >= 11 is 0. The number of pyridine rings is 2. The van der Waals surface area contributed by atoms with E-state index < -0.39 is 17.4 Å². The van der Waals surface area contributed by atoms with Crippen LogP contribution in [0.3, 0.4) is 0 Å². The van der Waals surface area contributed by atoms with E-state index in [1.54, 1.807) is 36.6 Å². The van der Waals surface area contributed by atoms with Crippen molar-refractivity contribution in [2.75, 3.05) is 18.0 Å². The van der Waals surface area contributed by atoms with E-state index in [0.717, 1.165) is 34.9 Å². The molecule has 1 aromatic carbocycles. The molecule has 0 amide bonds. The van der Waals surface area contributed by atoms with E-state index in [0.29, 0.717) is 37.3 Å². The van der Waals surface area contributed by atoms with E-state index in [-0.39, 0.29) is 17.4 Å². The second-order valence-corrected chi connectivity index (χ2v) is 10.1. The molecule has 6 rings (SSSR count). The minimum Gasteiger partial charge on any atom is -0.371 e. The van der Waals surface area contributed by atoms with Crippen LogP contribution in [-0.4, -0.2) is 38.2 Å². The van der Waals surface area contributed by atoms with Gasteiger partial charge in [0, 0.05) is 62.4 Å². The standard InChI is InChI=1S/C29H27F3N6O/c1-36-17-27(25-14-18(7-10-34-25)20-13-19-3-2-4-24(19)35-16-20)38(28(36)39)22-5-6-26(23(15-22)29(30,31)32)37-11-8-21(33)9-12-37/h2-3,5-7,10,13-17,21H,4,8-9,11-12,33H2,1H3. The molecule has 10 heteroatoms. The SMILES string of the molecule is Cn1cc(-c2cc(-c3cnc4c(c3)C=CC4)ccn2)n(-c2ccc(N3CCC(N)CC3)c(C(F)(F)F)c2)c1=O. The number of aromatic nitrogens is 4. The Bertz CT molecular complexity index is 1640. The lowest BCUT2D eigenvalue weighted by molar-refractivity contribution is -0.137. The zero-order valence-electron chi connectivity index (χ0n) is 21.3. The van der Waals surface area contributed by atoms with Crippen LogP contribution in [0, 0.1) is 0 Å². The van der Waals surface area contributed by atoms with Crippen LogP contribution in [0.5, 0.6) is 0 Å². The number of nitrogens with two attached hydrogens (primary N) is 1. The molecule has 1 fully saturated rings. The molecule has 0 saturated carbocycles. The molecule has 7 nitrogen and oxygen atoms in total. The fraction of sp³-hybridized carbons (Fsp3) is 0.276. The van der Waals surface area contributed by atoms with Gasteiger partial charge in [0.15, 0.2) is 0 Å². The summed E-state index contributed by atoms with van der Waals surface area (Å²) < 4.78 is 45.4. The number of hydrogen-bond donors (Lipinski definition) is 1. The second-order valence-electron chi connectivity index (χ2n) is 10.1. The maximum Gasteiger partial charge on any atom is 0.418 e. The number of hydrogen-bond acceptors (Lipinski definition) is 5. The first-order valence-corrected chi connectivity index (χ1v) is 12.8. The molecule has 0 radical (unpaired) electrons. The molecule has 0 bridgehead atoms. The van der Waals surface area contributed by atoms with E-state index in [1.165, 1.54) is 15.2 Å². The Kier molecular flexibility index (Phi) is 6.14. The predicted molar refractivity (Wildman–Crippen MR) is 145 cm³/mol. The number of alkyl halides is 3. The van der Waals surface area contributed by atoms with Crippen LogP contribution in [-0.2, 0) is 19.6 Å². The third kappa shape index (κ3) is 4.65. The number of nitrogens with zero attached hydrogens (tertiary/aromatic N) is 5. The van der Waals surface area contributed by atoms with Crippen molar-refractivity contribution in [3.8, 4) is 28.2 Å². The highest BCUT2D eigenvalue weighted by Gasteiger charge is 2.36. The normalized spacial score (nSPS) is 15.7. The quantitative estimate of drug-likeness (QED) is 0.408. The summed E-state index contributed by atoms with van der Waals surface area (Å²) in [6.45, 7) is 0.897. The predicted octanol–water partition coefficient (Wildman–Crippen LogP) is 4.82. The van der Waals surface area contributed by atoms with Crippen LogP contribution in [0.4, 0.5) is 18.9 Å². The van der Waals surface area contributed by atoms with Crippen molar-refractivity contribution < 1.29 is 13.2 Å². The zero-order chi connectivity index (χ0) is 27.3. The molecular weight excluding hydrogens is 505 g/mol. The van der Waals surface area contributed by atoms with Gasteiger partial charge < -0.3 is 15.2 Å². The Morgan fingerprint density at radius 3 is 2.59 bits per heavy atom. The van der Waals surface area contributed by atoms with E-state index in [1.807, 2.05) is 24.3 Å². The lowest BCUT2D eigenvalue weighted by Gasteiger charge is -2.33. The number of allylic oxidation sites excluding steroid dienone is 1. The van der Waals surface area contributed by atoms with Gasteiger partial charge in [-0.2, -0.15) is 13.2 Å². The van der Waals surface area contributed by atoms with Gasteiger partial charge in [-0.05, 0) is 60.4 Å². The molecule has 39 heavy (non-hydrogen) atoms. The first-order valence-electron chi connectivity index (χ1n) is 12.8. The second kappa shape index (κ2) is 9.53. The summed E-state index contributed by atoms with van der Waals surface area (Å²) in [4.78, 5) is 23.9. The van der Waals surface area contributed by atoms with Crippen LogP contribution in [0.25, 0.3) is 34.3 Å². The first kappa shape index (κ1) is 25.1. The van der Waals surface area contributed by atoms with E-state index in [4.69, 9.17) is 5.73 Å². The summed E-state index contributed by atoms with van der Waals surface area (Å²) in [6, 6.07) is 9.77. The summed E-state index contributed by atoms with van der Waals surface area (Å²) in [5.74, 6) is 0. The topological polar surface area (TPSA) is 82.0 Å². The van der Waals surface area contributed by atoms with Crippen molar-refractivity contribution in [2.24, 2.45) is 12.8 Å². The molecule has 1 aliphatic carbocycles. The molecule has 2 N–H and O–H groups in total. The van der Waals surface area contributed by atoms with Crippen molar-refractivity contribution in [3.05, 3.63) is 88.4 Å². The number of fused-ring (bicyclic) bond motifs is 1. The highest BCUT2D eigenvalue weighted by molar-refractivity contribution is 5.73. The van der Waals surface area contributed by atoms with Crippen LogP contribution in [0.2, 0.25) is 0 Å². The molecule has 0 unspecified atom stereocenters. The summed E-state index contributed by atoms with van der Waals surface area (Å²) in [6.07, 6.45) is 6.55. The Hall–Kier alpha value is -4.18. The Morgan fingerprint density at radius 1 is 1.03 bits per heavy atom. The van der Waals surface area contributed by atoms with Gasteiger partial charge in [0.2, 0.25) is 0 Å². The van der Waals surface area contributed by atoms with E-state index in [9.17, 15) is 18.0 Å². The van der Waals surface area contributed by atoms with Gasteiger partial charge in [-0.1, -0.05) is 12.2 Å². The van der Waals surface area contributed by atoms with Crippen LogP contribution in [0.15, 0.2) is 65.9 Å². The van der Waals surface area contributed by atoms with E-state index >= 15 is 0 Å². The third-order valence-corrected chi connectivity index (χ3v) is 7.44. The van der Waals surface area contributed by atoms with E-state index in [2.05, 4.69) is 16.0 Å². The minimum absolute atomic E-state index is 0.00683. The maximum absolute atomic E-state index is 14.3. The molecule has 1 aliphatic heterocycles. The zero-order valence-corrected chi connectivity index (χ0v) is 21.3. The van der Waals surface area contributed by atoms with Crippen LogP contribution < -0.4 is 16.3 Å². The first-order chi connectivity index (χ1) is 18.7. The molecule has 3 aromatic heterocycles. The Labute approximate surface area is 223 Å². The van der Waals surface area contributed by atoms with Crippen molar-refractivity contribution in [2.45, 2.75) is 31.5 Å². The van der Waals surface area contributed by atoms with Gasteiger partial charge >= 0.3 is 11.9 Å². The minimum atomic E-state index is -4.60. The van der Waals surface area contributed by atoms with Gasteiger partial charge in [0.25, 0.3) is 0 Å². The van der Waals surface area contributed by atoms with Gasteiger partial charge in [-0.3, -0.25) is 14.5 Å². The summed E-state index contributed by atoms with van der Waals surface area (Å²) in [5.41, 5.74) is 9.58. The molecule has 4 aromatic rings. The average Bonchev–Trinajstić information content (AvgIpc) is 3.52. The maximum atomic E-state index is 14.3. The summed E-state index contributed by atoms with van der Waals surface area (Å²) in [5, 5.41) is 0. The molecule has 4 heterocycles. The van der Waals surface area contributed by atoms with Gasteiger partial charge in [-0.15, -0.1) is 0 Å². The molecule has 2 aliphatic rings. The van der Waals surface area contributed by atoms with Crippen LogP contribution in [0.1, 0.15) is 29.7 Å². The average molecular weight is 533 g/mol. The van der Waals surface area contributed by atoms with Crippen LogP contribution >= 0.6 is 0 Å². The molecule has 0 spiro atoms. The monoisotopic (exact) mass is 532 g/mol. The number of aryl methyl sites for hydroxylation is 1. The van der Waals surface area contributed by atoms with Gasteiger partial charge in [0.1, 0.15) is 0 Å². The van der Waals surface area contributed by atoms with Gasteiger partial charge in [0.05, 0.1) is 28.3 Å². The summed E-state index contributed by atoms with van der Waals surface area (Å²) in [7, 11) is 1.57. The largest absolute Gasteiger partial charge is 0.418 e. The number of halogens is 3. The number of benzene rings is 1. The number of piperidine rings is 1.